The number of ether oxygens (including phenoxy) is 2. The van der Waals surface area contributed by atoms with E-state index in [1.165, 1.54) is 0 Å². The van der Waals surface area contributed by atoms with Crippen molar-refractivity contribution in [3.63, 3.8) is 0 Å². The van der Waals surface area contributed by atoms with Crippen LogP contribution in [0.4, 0.5) is 0 Å². The Morgan fingerprint density at radius 3 is 2.04 bits per heavy atom. The topological polar surface area (TPSA) is 93.1 Å². The molecule has 1 heterocycles. The number of aromatic hydroxyl groups is 2. The molecule has 1 aliphatic heterocycles. The fourth-order valence-corrected chi connectivity index (χ4v) is 4.78. The zero-order valence-corrected chi connectivity index (χ0v) is 15.4. The minimum atomic E-state index is -0.748. The van der Waals surface area contributed by atoms with Crippen LogP contribution in [0.1, 0.15) is 56.3 Å². The minimum absolute atomic E-state index is 0.0208. The van der Waals surface area contributed by atoms with Crippen LogP contribution in [0.3, 0.4) is 0 Å². The number of hydrogen-bond donors (Lipinski definition) is 2. The van der Waals surface area contributed by atoms with Gasteiger partial charge in [0, 0.05) is 28.2 Å². The smallest absolute Gasteiger partial charge is 0.198 e. The quantitative estimate of drug-likeness (QED) is 0.631. The highest BCUT2D eigenvalue weighted by Crippen LogP contribution is 2.48. The fraction of sp³-hybridized carbons (Fsp3) is 0.364. The van der Waals surface area contributed by atoms with Crippen molar-refractivity contribution in [2.75, 3.05) is 13.2 Å². The highest BCUT2D eigenvalue weighted by molar-refractivity contribution is 6.30. The molecule has 0 saturated carbocycles. The van der Waals surface area contributed by atoms with E-state index in [1.54, 1.807) is 24.3 Å². The van der Waals surface area contributed by atoms with E-state index in [0.29, 0.717) is 43.6 Å². The Labute approximate surface area is 161 Å². The number of hydrogen-bond acceptors (Lipinski definition) is 6. The van der Waals surface area contributed by atoms with Crippen LogP contribution < -0.4 is 0 Å². The summed E-state index contributed by atoms with van der Waals surface area (Å²) in [5.41, 5.74) is 1.36. The van der Waals surface area contributed by atoms with E-state index in [2.05, 4.69) is 0 Å². The van der Waals surface area contributed by atoms with Crippen LogP contribution in [-0.4, -0.2) is 40.8 Å². The van der Waals surface area contributed by atoms with Gasteiger partial charge in [-0.3, -0.25) is 9.59 Å². The highest BCUT2D eigenvalue weighted by Gasteiger charge is 2.44. The van der Waals surface area contributed by atoms with Crippen molar-refractivity contribution in [1.29, 1.82) is 0 Å². The Bertz CT molecular complexity index is 1030. The van der Waals surface area contributed by atoms with Crippen LogP contribution in [0.2, 0.25) is 0 Å². The average Bonchev–Trinajstić information content (AvgIpc) is 3.16. The second-order valence-electron chi connectivity index (χ2n) is 7.76. The fourth-order valence-electron chi connectivity index (χ4n) is 4.78. The molecule has 5 rings (SSSR count). The van der Waals surface area contributed by atoms with E-state index >= 15 is 0 Å². The maximum absolute atomic E-state index is 13.0. The van der Waals surface area contributed by atoms with E-state index in [-0.39, 0.29) is 39.7 Å². The summed E-state index contributed by atoms with van der Waals surface area (Å²) in [6.45, 7) is 2.92. The van der Waals surface area contributed by atoms with Gasteiger partial charge in [0.1, 0.15) is 11.5 Å². The van der Waals surface area contributed by atoms with Gasteiger partial charge >= 0.3 is 0 Å². The lowest BCUT2D eigenvalue weighted by Crippen LogP contribution is -2.39. The van der Waals surface area contributed by atoms with E-state index in [4.69, 9.17) is 9.47 Å². The molecule has 144 valence electrons. The van der Waals surface area contributed by atoms with Crippen molar-refractivity contribution >= 4 is 11.6 Å². The van der Waals surface area contributed by atoms with Crippen LogP contribution in [-0.2, 0) is 22.3 Å². The molecule has 0 unspecified atom stereocenters. The number of benzene rings is 2. The average molecular weight is 380 g/mol. The Morgan fingerprint density at radius 2 is 1.46 bits per heavy atom. The summed E-state index contributed by atoms with van der Waals surface area (Å²) in [6, 6.07) is 6.49. The van der Waals surface area contributed by atoms with Crippen molar-refractivity contribution in [3.05, 3.63) is 57.6 Å². The van der Waals surface area contributed by atoms with E-state index in [9.17, 15) is 19.8 Å². The molecule has 2 aromatic rings. The number of phenols is 2. The lowest BCUT2D eigenvalue weighted by atomic mass is 9.74. The molecular weight excluding hydrogens is 360 g/mol. The molecule has 3 aliphatic rings. The molecule has 2 N–H and O–H groups in total. The first-order valence-corrected chi connectivity index (χ1v) is 9.48. The summed E-state index contributed by atoms with van der Waals surface area (Å²) in [5, 5.41) is 21.9. The molecule has 1 atom stereocenters. The number of rotatable bonds is 1. The third-order valence-corrected chi connectivity index (χ3v) is 6.33. The van der Waals surface area contributed by atoms with Crippen LogP contribution in [0.5, 0.6) is 11.5 Å². The van der Waals surface area contributed by atoms with Gasteiger partial charge in [-0.15, -0.1) is 0 Å². The molecule has 6 nitrogen and oxygen atoms in total. The lowest BCUT2D eigenvalue weighted by Gasteiger charge is -2.37. The van der Waals surface area contributed by atoms with Crippen molar-refractivity contribution in [2.24, 2.45) is 5.92 Å². The van der Waals surface area contributed by atoms with Gasteiger partial charge in [-0.2, -0.15) is 0 Å². The third-order valence-electron chi connectivity index (χ3n) is 6.33. The summed E-state index contributed by atoms with van der Waals surface area (Å²) in [6.07, 6.45) is 1.56. The van der Waals surface area contributed by atoms with Crippen LogP contribution >= 0.6 is 0 Å². The zero-order valence-electron chi connectivity index (χ0n) is 15.4. The molecule has 28 heavy (non-hydrogen) atoms. The van der Waals surface area contributed by atoms with Gasteiger partial charge in [0.25, 0.3) is 0 Å². The number of phenolic OH excluding ortho intramolecular Hbond substituents is 2. The summed E-state index contributed by atoms with van der Waals surface area (Å²) in [7, 11) is 0. The Hall–Kier alpha value is -2.70. The molecule has 1 fully saturated rings. The Kier molecular flexibility index (Phi) is 3.66. The number of carbonyl (C=O) groups excluding carboxylic acids is 2. The molecule has 0 aromatic heterocycles. The zero-order chi connectivity index (χ0) is 19.6. The van der Waals surface area contributed by atoms with Gasteiger partial charge in [-0.05, 0) is 26.2 Å². The number of fused-ring (bicyclic) bond motifs is 3. The monoisotopic (exact) mass is 380 g/mol. The second-order valence-corrected chi connectivity index (χ2v) is 7.76. The lowest BCUT2D eigenvalue weighted by molar-refractivity contribution is -0.183. The SMILES string of the molecule is CC1([C@@H]2CCc3c(O)c4c(c(O)c3C2)C(=O)c2ccccc2C4=O)OCCO1. The predicted octanol–water partition coefficient (Wildman–Crippen LogP) is 2.74. The first-order valence-electron chi connectivity index (χ1n) is 9.48. The van der Waals surface area contributed by atoms with Crippen molar-refractivity contribution in [2.45, 2.75) is 32.0 Å². The van der Waals surface area contributed by atoms with Crippen LogP contribution in [0.25, 0.3) is 0 Å². The van der Waals surface area contributed by atoms with Crippen molar-refractivity contribution < 1.29 is 29.3 Å². The molecule has 1 saturated heterocycles. The minimum Gasteiger partial charge on any atom is -0.507 e. The summed E-state index contributed by atoms with van der Waals surface area (Å²) >= 11 is 0. The Morgan fingerprint density at radius 1 is 0.929 bits per heavy atom. The Balaban J connectivity index is 1.67. The maximum atomic E-state index is 13.0. The maximum Gasteiger partial charge on any atom is 0.198 e. The molecule has 0 bridgehead atoms. The van der Waals surface area contributed by atoms with Gasteiger partial charge in [0.15, 0.2) is 17.4 Å². The second kappa shape index (κ2) is 5.90. The molecule has 2 aromatic carbocycles. The van der Waals surface area contributed by atoms with Crippen LogP contribution in [0, 0.1) is 5.92 Å². The first-order chi connectivity index (χ1) is 13.4. The van der Waals surface area contributed by atoms with Gasteiger partial charge in [-0.1, -0.05) is 24.3 Å². The van der Waals surface area contributed by atoms with E-state index in [1.807, 2.05) is 6.92 Å². The molecule has 2 aliphatic carbocycles. The normalized spacial score (nSPS) is 22.5. The van der Waals surface area contributed by atoms with Gasteiger partial charge in [0.05, 0.1) is 24.3 Å². The summed E-state index contributed by atoms with van der Waals surface area (Å²) < 4.78 is 11.5. The molecule has 6 heteroatoms. The first kappa shape index (κ1) is 17.4. The van der Waals surface area contributed by atoms with Crippen molar-refractivity contribution in [3.8, 4) is 11.5 Å². The molecule has 0 spiro atoms. The standard InChI is InChI=1S/C22H20O6/c1-22(27-8-9-28-22)11-6-7-14-15(10-11)21(26)17-16(20(14)25)18(23)12-4-2-3-5-13(12)19(17)24/h2-5,11,25-26H,6-10H2,1H3/t11-/m1/s1. The van der Waals surface area contributed by atoms with Gasteiger partial charge in [-0.25, -0.2) is 0 Å². The van der Waals surface area contributed by atoms with Gasteiger partial charge < -0.3 is 19.7 Å². The summed E-state index contributed by atoms with van der Waals surface area (Å²) in [4.78, 5) is 26.0. The van der Waals surface area contributed by atoms with E-state index < -0.39 is 17.4 Å². The summed E-state index contributed by atoms with van der Waals surface area (Å²) in [5.74, 6) is -2.04. The van der Waals surface area contributed by atoms with Crippen LogP contribution in [0.15, 0.2) is 24.3 Å². The molecule has 0 amide bonds. The van der Waals surface area contributed by atoms with Crippen molar-refractivity contribution in [1.82, 2.24) is 0 Å². The largest absolute Gasteiger partial charge is 0.507 e. The van der Waals surface area contributed by atoms with Gasteiger partial charge in [0.2, 0.25) is 0 Å². The highest BCUT2D eigenvalue weighted by atomic mass is 16.7. The number of ketones is 2. The predicted molar refractivity (Wildman–Crippen MR) is 98.9 cm³/mol. The third kappa shape index (κ3) is 2.22. The molecular formula is C22H20O6. The number of carbonyl (C=O) groups is 2. The molecule has 0 radical (unpaired) electrons. The van der Waals surface area contributed by atoms with E-state index in [0.717, 1.165) is 0 Å².